The maximum atomic E-state index is 12.4. The smallest absolute Gasteiger partial charge is 0.244 e. The highest BCUT2D eigenvalue weighted by Gasteiger charge is 2.15. The number of aromatic nitrogens is 3. The summed E-state index contributed by atoms with van der Waals surface area (Å²) in [4.78, 5) is 24.6. The van der Waals surface area contributed by atoms with Gasteiger partial charge in [0.1, 0.15) is 0 Å². The Morgan fingerprint density at radius 1 is 1.06 bits per heavy atom. The van der Waals surface area contributed by atoms with Gasteiger partial charge in [0, 0.05) is 17.6 Å². The van der Waals surface area contributed by atoms with E-state index in [1.165, 1.54) is 17.8 Å². The zero-order valence-corrected chi connectivity index (χ0v) is 20.9. The number of carbonyl (C=O) groups is 2. The Kier molecular flexibility index (Phi) is 9.59. The lowest BCUT2D eigenvalue weighted by Crippen LogP contribution is -2.23. The van der Waals surface area contributed by atoms with Gasteiger partial charge in [0.2, 0.25) is 11.8 Å². The first-order chi connectivity index (χ1) is 16.4. The molecular formula is C23H20Cl3N5O2S. The van der Waals surface area contributed by atoms with Gasteiger partial charge in [-0.25, -0.2) is 0 Å². The topological polar surface area (TPSA) is 88.9 Å². The second-order valence-electron chi connectivity index (χ2n) is 6.81. The predicted molar refractivity (Wildman–Crippen MR) is 138 cm³/mol. The molecule has 0 spiro atoms. The Labute approximate surface area is 216 Å². The van der Waals surface area contributed by atoms with Crippen molar-refractivity contribution in [3.8, 4) is 0 Å². The first kappa shape index (κ1) is 25.8. The third kappa shape index (κ3) is 7.11. The van der Waals surface area contributed by atoms with Crippen LogP contribution >= 0.6 is 46.6 Å². The number of hydrogen-bond donors (Lipinski definition) is 2. The highest BCUT2D eigenvalue weighted by molar-refractivity contribution is 7.99. The van der Waals surface area contributed by atoms with Crippen molar-refractivity contribution in [2.45, 2.75) is 18.2 Å². The fraction of sp³-hybridized carbons (Fsp3) is 0.130. The number of benzene rings is 2. The molecule has 2 aromatic carbocycles. The van der Waals surface area contributed by atoms with Gasteiger partial charge in [-0.05, 0) is 29.8 Å². The molecule has 0 bridgehead atoms. The first-order valence-electron chi connectivity index (χ1n) is 9.99. The molecule has 34 heavy (non-hydrogen) atoms. The molecule has 7 nitrogen and oxygen atoms in total. The van der Waals surface area contributed by atoms with Crippen LogP contribution in [-0.4, -0.2) is 32.3 Å². The van der Waals surface area contributed by atoms with Crippen molar-refractivity contribution in [1.82, 2.24) is 20.1 Å². The van der Waals surface area contributed by atoms with Crippen LogP contribution < -0.4 is 10.6 Å². The molecule has 0 radical (unpaired) electrons. The quantitative estimate of drug-likeness (QED) is 0.203. The summed E-state index contributed by atoms with van der Waals surface area (Å²) in [7, 11) is 0. The summed E-state index contributed by atoms with van der Waals surface area (Å²) in [6, 6.07) is 12.2. The molecule has 0 saturated heterocycles. The molecule has 0 saturated carbocycles. The third-order valence-corrected chi connectivity index (χ3v) is 6.53. The van der Waals surface area contributed by atoms with Crippen molar-refractivity contribution in [3.63, 3.8) is 0 Å². The average Bonchev–Trinajstić information content (AvgIpc) is 3.20. The van der Waals surface area contributed by atoms with E-state index in [1.54, 1.807) is 41.0 Å². The summed E-state index contributed by atoms with van der Waals surface area (Å²) in [5.41, 5.74) is 1.17. The normalized spacial score (nSPS) is 10.9. The lowest BCUT2D eigenvalue weighted by molar-refractivity contribution is -0.116. The number of halogens is 3. The van der Waals surface area contributed by atoms with E-state index in [2.05, 4.69) is 27.4 Å². The van der Waals surface area contributed by atoms with Gasteiger partial charge in [-0.1, -0.05) is 76.9 Å². The van der Waals surface area contributed by atoms with Gasteiger partial charge in [0.15, 0.2) is 11.0 Å². The lowest BCUT2D eigenvalue weighted by atomic mass is 10.2. The highest BCUT2D eigenvalue weighted by Crippen LogP contribution is 2.29. The zero-order valence-electron chi connectivity index (χ0n) is 17.8. The molecule has 0 fully saturated rings. The molecule has 0 unspecified atom stereocenters. The fourth-order valence-corrected chi connectivity index (χ4v) is 4.10. The number of hydrogen-bond acceptors (Lipinski definition) is 5. The minimum Gasteiger partial charge on any atom is -0.345 e. The average molecular weight is 537 g/mol. The Balaban J connectivity index is 1.58. The SMILES string of the molecule is C=CCn1c(CNC(=O)/C=C/c2ccccc2Cl)nnc1SCC(=O)Nc1cccc(Cl)c1Cl. The third-order valence-electron chi connectivity index (χ3n) is 4.40. The van der Waals surface area contributed by atoms with Crippen molar-refractivity contribution in [3.05, 3.63) is 87.7 Å². The largest absolute Gasteiger partial charge is 0.345 e. The lowest BCUT2D eigenvalue weighted by Gasteiger charge is -2.09. The monoisotopic (exact) mass is 535 g/mol. The van der Waals surface area contributed by atoms with Crippen molar-refractivity contribution in [2.24, 2.45) is 0 Å². The van der Waals surface area contributed by atoms with E-state index < -0.39 is 0 Å². The molecule has 2 amide bonds. The van der Waals surface area contributed by atoms with Gasteiger partial charge in [0.25, 0.3) is 0 Å². The molecule has 0 aliphatic rings. The van der Waals surface area contributed by atoms with Crippen LogP contribution in [0.5, 0.6) is 0 Å². The molecule has 3 rings (SSSR count). The number of nitrogens with zero attached hydrogens (tertiary/aromatic N) is 3. The standard InChI is InChI=1S/C23H20Cl3N5O2S/c1-2-12-31-19(13-27-20(32)11-10-15-6-3-4-7-16(15)24)29-30-23(31)34-14-21(33)28-18-9-5-8-17(25)22(18)26/h2-11H,1,12-14H2,(H,27,32)(H,28,33)/b11-10+. The van der Waals surface area contributed by atoms with Crippen LogP contribution in [0.4, 0.5) is 5.69 Å². The Morgan fingerprint density at radius 3 is 2.59 bits per heavy atom. The summed E-state index contributed by atoms with van der Waals surface area (Å²) in [6.45, 7) is 4.31. The van der Waals surface area contributed by atoms with Crippen molar-refractivity contribution >= 4 is 70.1 Å². The number of thioether (sulfide) groups is 1. The van der Waals surface area contributed by atoms with Gasteiger partial charge < -0.3 is 15.2 Å². The van der Waals surface area contributed by atoms with E-state index in [0.717, 1.165) is 5.56 Å². The van der Waals surface area contributed by atoms with Crippen LogP contribution in [-0.2, 0) is 22.7 Å². The second kappa shape index (κ2) is 12.6. The fourth-order valence-electron chi connectivity index (χ4n) is 2.79. The number of allylic oxidation sites excluding steroid dienone is 1. The second-order valence-corrected chi connectivity index (χ2v) is 8.94. The molecule has 0 aliphatic heterocycles. The molecular weight excluding hydrogens is 517 g/mol. The van der Waals surface area contributed by atoms with E-state index in [0.29, 0.717) is 33.3 Å². The molecule has 3 aromatic rings. The van der Waals surface area contributed by atoms with Crippen molar-refractivity contribution < 1.29 is 9.59 Å². The van der Waals surface area contributed by atoms with Crippen LogP contribution in [0.3, 0.4) is 0 Å². The Morgan fingerprint density at radius 2 is 1.82 bits per heavy atom. The number of amides is 2. The highest BCUT2D eigenvalue weighted by atomic mass is 35.5. The predicted octanol–water partition coefficient (Wildman–Crippen LogP) is 5.48. The van der Waals surface area contributed by atoms with Gasteiger partial charge >= 0.3 is 0 Å². The van der Waals surface area contributed by atoms with Gasteiger partial charge in [-0.15, -0.1) is 16.8 Å². The van der Waals surface area contributed by atoms with Crippen molar-refractivity contribution in [2.75, 3.05) is 11.1 Å². The molecule has 0 atom stereocenters. The van der Waals surface area contributed by atoms with Gasteiger partial charge in [-0.3, -0.25) is 9.59 Å². The molecule has 1 aromatic heterocycles. The molecule has 0 aliphatic carbocycles. The van der Waals surface area contributed by atoms with E-state index >= 15 is 0 Å². The molecule has 176 valence electrons. The van der Waals surface area contributed by atoms with E-state index in [4.69, 9.17) is 34.8 Å². The maximum Gasteiger partial charge on any atom is 0.244 e. The van der Waals surface area contributed by atoms with E-state index in [1.807, 2.05) is 18.2 Å². The van der Waals surface area contributed by atoms with Crippen LogP contribution in [0.2, 0.25) is 15.1 Å². The van der Waals surface area contributed by atoms with Crippen LogP contribution in [0.1, 0.15) is 11.4 Å². The van der Waals surface area contributed by atoms with E-state index in [9.17, 15) is 9.59 Å². The van der Waals surface area contributed by atoms with Crippen LogP contribution in [0, 0.1) is 0 Å². The number of carbonyl (C=O) groups excluding carboxylic acids is 2. The molecule has 11 heteroatoms. The zero-order chi connectivity index (χ0) is 24.5. The first-order valence-corrected chi connectivity index (χ1v) is 12.1. The summed E-state index contributed by atoms with van der Waals surface area (Å²) in [5.74, 6) is 0.0209. The number of nitrogens with one attached hydrogen (secondary N) is 2. The van der Waals surface area contributed by atoms with Gasteiger partial charge in [0.05, 0.1) is 28.0 Å². The number of anilines is 1. The Bertz CT molecular complexity index is 1230. The molecule has 1 heterocycles. The summed E-state index contributed by atoms with van der Waals surface area (Å²) in [6.07, 6.45) is 4.72. The van der Waals surface area contributed by atoms with Crippen LogP contribution in [0.15, 0.2) is 66.4 Å². The molecule has 2 N–H and O–H groups in total. The summed E-state index contributed by atoms with van der Waals surface area (Å²) >= 11 is 19.4. The van der Waals surface area contributed by atoms with Crippen LogP contribution in [0.25, 0.3) is 6.08 Å². The minimum absolute atomic E-state index is 0.0745. The maximum absolute atomic E-state index is 12.4. The number of rotatable bonds is 10. The summed E-state index contributed by atoms with van der Waals surface area (Å²) < 4.78 is 1.77. The minimum atomic E-state index is -0.306. The summed E-state index contributed by atoms with van der Waals surface area (Å²) in [5, 5.41) is 15.5. The van der Waals surface area contributed by atoms with E-state index in [-0.39, 0.29) is 29.1 Å². The Hall–Kier alpha value is -2.78. The van der Waals surface area contributed by atoms with Gasteiger partial charge in [-0.2, -0.15) is 0 Å². The van der Waals surface area contributed by atoms with Crippen molar-refractivity contribution in [1.29, 1.82) is 0 Å².